The third-order valence-electron chi connectivity index (χ3n) is 3.79. The number of carboxylic acids is 1. The van der Waals surface area contributed by atoms with Crippen molar-refractivity contribution in [2.45, 2.75) is 6.92 Å². The lowest BCUT2D eigenvalue weighted by Crippen LogP contribution is -2.05. The largest absolute Gasteiger partial charge is 0.479 e. The Labute approximate surface area is 140 Å². The van der Waals surface area contributed by atoms with Crippen LogP contribution >= 0.6 is 0 Å². The molecular weight excluding hydrogens is 302 g/mol. The van der Waals surface area contributed by atoms with Crippen molar-refractivity contribution in [3.05, 3.63) is 72.3 Å². The highest BCUT2D eigenvalue weighted by atomic mass is 16.6. The number of carbonyl (C=O) groups is 1. The van der Waals surface area contributed by atoms with E-state index >= 15 is 0 Å². The van der Waals surface area contributed by atoms with Gasteiger partial charge in [0.2, 0.25) is 6.61 Å². The van der Waals surface area contributed by atoms with Gasteiger partial charge in [-0.3, -0.25) is 0 Å². The molecule has 4 heteroatoms. The van der Waals surface area contributed by atoms with Crippen LogP contribution in [0.4, 0.5) is 0 Å². The molecule has 4 nitrogen and oxygen atoms in total. The molecular formula is C20H17NO3. The van der Waals surface area contributed by atoms with Crippen LogP contribution in [0.2, 0.25) is 0 Å². The monoisotopic (exact) mass is 319 g/mol. The molecule has 0 saturated carbocycles. The molecule has 3 aromatic carbocycles. The zero-order valence-corrected chi connectivity index (χ0v) is 13.3. The normalized spacial score (nSPS) is 11.5. The van der Waals surface area contributed by atoms with Crippen molar-refractivity contribution in [3.63, 3.8) is 0 Å². The fourth-order valence-electron chi connectivity index (χ4n) is 2.61. The average molecular weight is 319 g/mol. The summed E-state index contributed by atoms with van der Waals surface area (Å²) in [6, 6.07) is 22.5. The van der Waals surface area contributed by atoms with Gasteiger partial charge in [-0.1, -0.05) is 71.9 Å². The van der Waals surface area contributed by atoms with Crippen LogP contribution in [0.1, 0.15) is 12.5 Å². The van der Waals surface area contributed by atoms with Crippen LogP contribution in [0, 0.1) is 0 Å². The number of benzene rings is 3. The van der Waals surface area contributed by atoms with Gasteiger partial charge >= 0.3 is 5.97 Å². The SMILES string of the molecule is C/C(=N\OCC(=O)O)c1ccc(-c2cccc3ccccc23)cc1. The number of aliphatic carboxylic acids is 1. The van der Waals surface area contributed by atoms with Gasteiger partial charge in [0, 0.05) is 0 Å². The Balaban J connectivity index is 1.88. The van der Waals surface area contributed by atoms with Gasteiger partial charge in [-0.05, 0) is 34.4 Å². The molecule has 0 fully saturated rings. The third kappa shape index (κ3) is 3.43. The molecule has 0 bridgehead atoms. The molecule has 3 rings (SSSR count). The molecule has 1 N–H and O–H groups in total. The summed E-state index contributed by atoms with van der Waals surface area (Å²) >= 11 is 0. The van der Waals surface area contributed by atoms with Gasteiger partial charge in [-0.25, -0.2) is 4.79 Å². The lowest BCUT2D eigenvalue weighted by molar-refractivity contribution is -0.142. The fraction of sp³-hybridized carbons (Fsp3) is 0.100. The first kappa shape index (κ1) is 15.7. The summed E-state index contributed by atoms with van der Waals surface area (Å²) < 4.78 is 0. The molecule has 120 valence electrons. The van der Waals surface area contributed by atoms with E-state index in [1.807, 2.05) is 36.4 Å². The van der Waals surface area contributed by atoms with Crippen LogP contribution in [0.5, 0.6) is 0 Å². The second-order valence-corrected chi connectivity index (χ2v) is 5.45. The predicted molar refractivity (Wildman–Crippen MR) is 95.2 cm³/mol. The summed E-state index contributed by atoms with van der Waals surface area (Å²) in [6.45, 7) is 1.35. The van der Waals surface area contributed by atoms with E-state index in [4.69, 9.17) is 9.94 Å². The Morgan fingerprint density at radius 3 is 2.46 bits per heavy atom. The summed E-state index contributed by atoms with van der Waals surface area (Å²) in [7, 11) is 0. The maximum Gasteiger partial charge on any atom is 0.344 e. The van der Waals surface area contributed by atoms with Gasteiger partial charge < -0.3 is 9.94 Å². The van der Waals surface area contributed by atoms with Crippen molar-refractivity contribution in [1.29, 1.82) is 0 Å². The summed E-state index contributed by atoms with van der Waals surface area (Å²) in [5.41, 5.74) is 3.83. The molecule has 0 aliphatic carbocycles. The van der Waals surface area contributed by atoms with E-state index in [0.29, 0.717) is 5.71 Å². The molecule has 0 aliphatic rings. The summed E-state index contributed by atoms with van der Waals surface area (Å²) in [5, 5.41) is 14.8. The van der Waals surface area contributed by atoms with Crippen molar-refractivity contribution in [3.8, 4) is 11.1 Å². The van der Waals surface area contributed by atoms with Crippen LogP contribution in [0.15, 0.2) is 71.9 Å². The average Bonchev–Trinajstić information content (AvgIpc) is 2.61. The Morgan fingerprint density at radius 1 is 1.00 bits per heavy atom. The predicted octanol–water partition coefficient (Wildman–Crippen LogP) is 4.33. The van der Waals surface area contributed by atoms with Crippen LogP contribution in [-0.4, -0.2) is 23.4 Å². The Bertz CT molecular complexity index is 893. The maximum absolute atomic E-state index is 10.4. The van der Waals surface area contributed by atoms with E-state index < -0.39 is 12.6 Å². The highest BCUT2D eigenvalue weighted by molar-refractivity contribution is 6.00. The number of rotatable bonds is 5. The molecule has 0 amide bonds. The first-order valence-electron chi connectivity index (χ1n) is 7.62. The van der Waals surface area contributed by atoms with Gasteiger partial charge in [-0.15, -0.1) is 0 Å². The molecule has 0 saturated heterocycles. The number of carboxylic acid groups (broad SMARTS) is 1. The van der Waals surface area contributed by atoms with Crippen LogP contribution in [0.3, 0.4) is 0 Å². The Kier molecular flexibility index (Phi) is 4.57. The quantitative estimate of drug-likeness (QED) is 0.562. The fourth-order valence-corrected chi connectivity index (χ4v) is 2.61. The van der Waals surface area contributed by atoms with Gasteiger partial charge in [-0.2, -0.15) is 0 Å². The molecule has 0 heterocycles. The molecule has 24 heavy (non-hydrogen) atoms. The topological polar surface area (TPSA) is 58.9 Å². The van der Waals surface area contributed by atoms with Gasteiger partial charge in [0.1, 0.15) is 0 Å². The van der Waals surface area contributed by atoms with Crippen molar-refractivity contribution in [1.82, 2.24) is 0 Å². The van der Waals surface area contributed by atoms with Crippen LogP contribution in [0.25, 0.3) is 21.9 Å². The molecule has 0 unspecified atom stereocenters. The number of oxime groups is 1. The van der Waals surface area contributed by atoms with Gasteiger partial charge in [0.15, 0.2) is 0 Å². The molecule has 0 aromatic heterocycles. The van der Waals surface area contributed by atoms with E-state index in [1.54, 1.807) is 6.92 Å². The van der Waals surface area contributed by atoms with Crippen LogP contribution < -0.4 is 0 Å². The molecule has 0 spiro atoms. The minimum atomic E-state index is -1.04. The standard InChI is InChI=1S/C20H17NO3/c1-14(21-24-13-20(22)23)15-9-11-17(12-10-15)19-8-4-6-16-5-2-3-7-18(16)19/h2-12H,13H2,1H3,(H,22,23)/b21-14+. The lowest BCUT2D eigenvalue weighted by Gasteiger charge is -2.08. The minimum Gasteiger partial charge on any atom is -0.479 e. The number of hydrogen-bond acceptors (Lipinski definition) is 3. The lowest BCUT2D eigenvalue weighted by atomic mass is 9.97. The molecule has 3 aromatic rings. The molecule has 0 aliphatic heterocycles. The highest BCUT2D eigenvalue weighted by Gasteiger charge is 2.05. The van der Waals surface area contributed by atoms with Crippen molar-refractivity contribution >= 4 is 22.5 Å². The van der Waals surface area contributed by atoms with Crippen molar-refractivity contribution < 1.29 is 14.7 Å². The highest BCUT2D eigenvalue weighted by Crippen LogP contribution is 2.28. The van der Waals surface area contributed by atoms with E-state index in [9.17, 15) is 4.79 Å². The second-order valence-electron chi connectivity index (χ2n) is 5.45. The first-order valence-corrected chi connectivity index (χ1v) is 7.62. The van der Waals surface area contributed by atoms with E-state index in [2.05, 4.69) is 35.5 Å². The minimum absolute atomic E-state index is 0.439. The molecule has 0 radical (unpaired) electrons. The van der Waals surface area contributed by atoms with E-state index in [0.717, 1.165) is 11.1 Å². The summed E-state index contributed by atoms with van der Waals surface area (Å²) in [4.78, 5) is 15.2. The number of fused-ring (bicyclic) bond motifs is 1. The van der Waals surface area contributed by atoms with E-state index in [-0.39, 0.29) is 0 Å². The summed E-state index contributed by atoms with van der Waals surface area (Å²) in [5.74, 6) is -1.04. The van der Waals surface area contributed by atoms with Crippen molar-refractivity contribution in [2.24, 2.45) is 5.16 Å². The van der Waals surface area contributed by atoms with E-state index in [1.165, 1.54) is 16.3 Å². The zero-order valence-electron chi connectivity index (χ0n) is 13.3. The maximum atomic E-state index is 10.4. The van der Waals surface area contributed by atoms with Crippen molar-refractivity contribution in [2.75, 3.05) is 6.61 Å². The smallest absolute Gasteiger partial charge is 0.344 e. The third-order valence-corrected chi connectivity index (χ3v) is 3.79. The molecule has 0 atom stereocenters. The van der Waals surface area contributed by atoms with Crippen LogP contribution in [-0.2, 0) is 9.63 Å². The number of hydrogen-bond donors (Lipinski definition) is 1. The zero-order chi connectivity index (χ0) is 16.9. The van der Waals surface area contributed by atoms with Gasteiger partial charge in [0.25, 0.3) is 0 Å². The number of nitrogens with zero attached hydrogens (tertiary/aromatic N) is 1. The summed E-state index contributed by atoms with van der Waals surface area (Å²) in [6.07, 6.45) is 0. The van der Waals surface area contributed by atoms with Gasteiger partial charge in [0.05, 0.1) is 5.71 Å². The Morgan fingerprint density at radius 2 is 1.71 bits per heavy atom. The second kappa shape index (κ2) is 6.96. The first-order chi connectivity index (χ1) is 11.6. The Hall–Kier alpha value is -3.14.